The van der Waals surface area contributed by atoms with Gasteiger partial charge in [-0.2, -0.15) is 0 Å². The summed E-state index contributed by atoms with van der Waals surface area (Å²) < 4.78 is 0. The lowest BCUT2D eigenvalue weighted by atomic mass is 9.87. The Kier molecular flexibility index (Phi) is 9.27. The quantitative estimate of drug-likeness (QED) is 0.351. The van der Waals surface area contributed by atoms with Crippen molar-refractivity contribution in [2.24, 2.45) is 11.8 Å². The Morgan fingerprint density at radius 1 is 0.789 bits per heavy atom. The molecule has 0 spiro atoms. The predicted octanol–water partition coefficient (Wildman–Crippen LogP) is 5.71. The van der Waals surface area contributed by atoms with Crippen LogP contribution in [0.2, 0.25) is 0 Å². The third-order valence-electron chi connectivity index (χ3n) is 8.60. The van der Waals surface area contributed by atoms with E-state index in [9.17, 15) is 4.79 Å². The fourth-order valence-electron chi connectivity index (χ4n) is 6.48. The minimum absolute atomic E-state index is 0.177. The Morgan fingerprint density at radius 2 is 1.39 bits per heavy atom. The second kappa shape index (κ2) is 13.2. The molecule has 4 nitrogen and oxygen atoms in total. The number of piperidine rings is 1. The summed E-state index contributed by atoms with van der Waals surface area (Å²) in [5, 5.41) is 0. The van der Waals surface area contributed by atoms with Gasteiger partial charge in [-0.25, -0.2) is 0 Å². The molecule has 2 saturated heterocycles. The first-order valence-electron chi connectivity index (χ1n) is 14.5. The van der Waals surface area contributed by atoms with Gasteiger partial charge in [-0.15, -0.1) is 0 Å². The van der Waals surface area contributed by atoms with Crippen LogP contribution in [0.15, 0.2) is 91.0 Å². The van der Waals surface area contributed by atoms with E-state index in [1.54, 1.807) is 0 Å². The van der Waals surface area contributed by atoms with Crippen LogP contribution in [-0.2, 0) is 17.8 Å². The lowest BCUT2D eigenvalue weighted by Crippen LogP contribution is -2.43. The van der Waals surface area contributed by atoms with Crippen molar-refractivity contribution in [3.63, 3.8) is 0 Å². The number of nitrogens with zero attached hydrogens (tertiary/aromatic N) is 3. The van der Waals surface area contributed by atoms with Crippen LogP contribution in [0.3, 0.4) is 0 Å². The van der Waals surface area contributed by atoms with Gasteiger partial charge in [0.15, 0.2) is 0 Å². The largest absolute Gasteiger partial charge is 0.346 e. The molecule has 4 heteroatoms. The highest BCUT2D eigenvalue weighted by molar-refractivity contribution is 5.78. The highest BCUT2D eigenvalue weighted by Gasteiger charge is 2.36. The summed E-state index contributed by atoms with van der Waals surface area (Å²) in [4.78, 5) is 20.4. The third kappa shape index (κ3) is 7.12. The number of carbonyl (C=O) groups is 1. The molecule has 38 heavy (non-hydrogen) atoms. The van der Waals surface area contributed by atoms with Gasteiger partial charge >= 0.3 is 0 Å². The predicted molar refractivity (Wildman–Crippen MR) is 156 cm³/mol. The van der Waals surface area contributed by atoms with E-state index in [0.29, 0.717) is 17.7 Å². The molecule has 200 valence electrons. The maximum absolute atomic E-state index is 13.1. The molecule has 3 aromatic carbocycles. The number of aryl methyl sites for hydroxylation is 1. The monoisotopic (exact) mass is 509 g/mol. The molecule has 0 radical (unpaired) electrons. The smallest absolute Gasteiger partial charge is 0.225 e. The molecule has 2 atom stereocenters. The Morgan fingerprint density at radius 3 is 2.05 bits per heavy atom. The maximum atomic E-state index is 13.1. The van der Waals surface area contributed by atoms with Crippen LogP contribution in [0, 0.1) is 11.8 Å². The molecule has 0 unspecified atom stereocenters. The summed E-state index contributed by atoms with van der Waals surface area (Å²) in [5.41, 5.74) is 4.21. The van der Waals surface area contributed by atoms with Gasteiger partial charge in [0.25, 0.3) is 0 Å². The molecule has 2 aliphatic heterocycles. The molecule has 2 heterocycles. The first-order chi connectivity index (χ1) is 18.7. The van der Waals surface area contributed by atoms with E-state index in [0.717, 1.165) is 71.5 Å². The van der Waals surface area contributed by atoms with Crippen molar-refractivity contribution in [3.05, 3.63) is 108 Å². The summed E-state index contributed by atoms with van der Waals surface area (Å²) in [6.45, 7) is 7.30. The highest BCUT2D eigenvalue weighted by Crippen LogP contribution is 2.35. The molecular weight excluding hydrogens is 466 g/mol. The lowest BCUT2D eigenvalue weighted by Gasteiger charge is -2.35. The third-order valence-corrected chi connectivity index (χ3v) is 8.60. The number of carbonyl (C=O) groups excluding carboxylic acids is 1. The van der Waals surface area contributed by atoms with Crippen molar-refractivity contribution in [2.45, 2.75) is 38.1 Å². The van der Waals surface area contributed by atoms with Crippen LogP contribution in [-0.4, -0.2) is 66.9 Å². The molecule has 0 N–H and O–H groups in total. The topological polar surface area (TPSA) is 26.8 Å². The van der Waals surface area contributed by atoms with E-state index in [1.807, 2.05) is 11.9 Å². The molecule has 3 aromatic rings. The Bertz CT molecular complexity index is 1110. The number of hydrogen-bond acceptors (Lipinski definition) is 3. The SMILES string of the molecule is CN(CCCc1ccccc1)C(=O)C1CCN(C[C@H]2CN(Cc3ccccc3)C[C@@H]2c2ccccc2)CC1. The standard InChI is InChI=1S/C34H43N3O/c1-35(21-11-16-28-12-5-2-6-13-28)34(38)31-19-22-36(23-20-31)25-32-26-37(24-29-14-7-3-8-15-29)27-33(32)30-17-9-4-10-18-30/h2-10,12-15,17-18,31-33H,11,16,19-27H2,1H3/t32-,33+/m0/s1. The van der Waals surface area contributed by atoms with E-state index in [4.69, 9.17) is 0 Å². The van der Waals surface area contributed by atoms with Crippen molar-refractivity contribution in [3.8, 4) is 0 Å². The minimum Gasteiger partial charge on any atom is -0.346 e. The van der Waals surface area contributed by atoms with E-state index < -0.39 is 0 Å². The first kappa shape index (κ1) is 26.6. The van der Waals surface area contributed by atoms with Crippen LogP contribution in [0.4, 0.5) is 0 Å². The highest BCUT2D eigenvalue weighted by atomic mass is 16.2. The Hall–Kier alpha value is -2.95. The van der Waals surface area contributed by atoms with Gasteiger partial charge in [0.1, 0.15) is 0 Å². The van der Waals surface area contributed by atoms with Crippen LogP contribution >= 0.6 is 0 Å². The number of hydrogen-bond donors (Lipinski definition) is 0. The van der Waals surface area contributed by atoms with E-state index in [2.05, 4.69) is 101 Å². The summed E-state index contributed by atoms with van der Waals surface area (Å²) in [7, 11) is 1.99. The normalized spacial score (nSPS) is 21.0. The zero-order valence-electron chi connectivity index (χ0n) is 22.9. The van der Waals surface area contributed by atoms with Crippen molar-refractivity contribution in [1.82, 2.24) is 14.7 Å². The van der Waals surface area contributed by atoms with Crippen LogP contribution < -0.4 is 0 Å². The minimum atomic E-state index is 0.177. The van der Waals surface area contributed by atoms with Crippen LogP contribution in [0.5, 0.6) is 0 Å². The number of amides is 1. The summed E-state index contributed by atoms with van der Waals surface area (Å²) in [6, 6.07) is 32.5. The molecule has 0 aliphatic carbocycles. The number of likely N-dealkylation sites (tertiary alicyclic amines) is 2. The van der Waals surface area contributed by atoms with Crippen LogP contribution in [0.1, 0.15) is 41.9 Å². The molecule has 0 aromatic heterocycles. The van der Waals surface area contributed by atoms with Gasteiger partial charge in [-0.1, -0.05) is 91.0 Å². The van der Waals surface area contributed by atoms with E-state index in [1.165, 1.54) is 16.7 Å². The average Bonchev–Trinajstić information content (AvgIpc) is 3.36. The Balaban J connectivity index is 1.11. The van der Waals surface area contributed by atoms with Crippen LogP contribution in [0.25, 0.3) is 0 Å². The van der Waals surface area contributed by atoms with Gasteiger partial charge in [0, 0.05) is 51.6 Å². The number of benzene rings is 3. The molecule has 2 aliphatic rings. The van der Waals surface area contributed by atoms with Crippen molar-refractivity contribution >= 4 is 5.91 Å². The fraction of sp³-hybridized carbons (Fsp3) is 0.441. The van der Waals surface area contributed by atoms with Gasteiger partial charge < -0.3 is 9.80 Å². The summed E-state index contributed by atoms with van der Waals surface area (Å²) in [5.74, 6) is 1.70. The molecule has 0 bridgehead atoms. The van der Waals surface area contributed by atoms with E-state index in [-0.39, 0.29) is 5.92 Å². The second-order valence-corrected chi connectivity index (χ2v) is 11.4. The lowest BCUT2D eigenvalue weighted by molar-refractivity contribution is -0.135. The average molecular weight is 510 g/mol. The van der Waals surface area contributed by atoms with Gasteiger partial charge in [-0.05, 0) is 61.4 Å². The Labute approximate surface area is 229 Å². The van der Waals surface area contributed by atoms with Crippen molar-refractivity contribution in [2.75, 3.05) is 46.3 Å². The molecule has 2 fully saturated rings. The van der Waals surface area contributed by atoms with Gasteiger partial charge in [0.05, 0.1) is 0 Å². The molecule has 5 rings (SSSR count). The first-order valence-corrected chi connectivity index (χ1v) is 14.5. The second-order valence-electron chi connectivity index (χ2n) is 11.4. The zero-order valence-corrected chi connectivity index (χ0v) is 22.9. The van der Waals surface area contributed by atoms with Crippen molar-refractivity contribution in [1.29, 1.82) is 0 Å². The maximum Gasteiger partial charge on any atom is 0.225 e. The summed E-state index contributed by atoms with van der Waals surface area (Å²) >= 11 is 0. The molecule has 1 amide bonds. The summed E-state index contributed by atoms with van der Waals surface area (Å²) in [6.07, 6.45) is 4.02. The van der Waals surface area contributed by atoms with Gasteiger partial charge in [-0.3, -0.25) is 9.69 Å². The number of rotatable bonds is 10. The van der Waals surface area contributed by atoms with Gasteiger partial charge in [0.2, 0.25) is 5.91 Å². The molecule has 0 saturated carbocycles. The van der Waals surface area contributed by atoms with E-state index >= 15 is 0 Å². The fourth-order valence-corrected chi connectivity index (χ4v) is 6.48. The molecular formula is C34H43N3O. The zero-order chi connectivity index (χ0) is 26.2. The van der Waals surface area contributed by atoms with Crippen molar-refractivity contribution < 1.29 is 4.79 Å².